The summed E-state index contributed by atoms with van der Waals surface area (Å²) in [7, 11) is -1.40. The minimum Gasteiger partial charge on any atom is -0.495 e. The van der Waals surface area contributed by atoms with E-state index in [1.165, 1.54) is 26.3 Å². The lowest BCUT2D eigenvalue weighted by Crippen LogP contribution is -2.30. The summed E-state index contributed by atoms with van der Waals surface area (Å²) in [5, 5.41) is 11.2. The molecule has 0 bridgehead atoms. The summed E-state index contributed by atoms with van der Waals surface area (Å²) >= 11 is 0. The summed E-state index contributed by atoms with van der Waals surface area (Å²) in [6, 6.07) is 2.60. The molecule has 1 amide bonds. The summed E-state index contributed by atoms with van der Waals surface area (Å²) in [6.07, 6.45) is -0.324. The smallest absolute Gasteiger partial charge is 0.304 e. The predicted molar refractivity (Wildman–Crippen MR) is 79.2 cm³/mol. The number of carbonyl (C=O) groups is 2. The van der Waals surface area contributed by atoms with Crippen LogP contribution in [0.25, 0.3) is 0 Å². The number of rotatable bonds is 6. The van der Waals surface area contributed by atoms with E-state index in [1.54, 1.807) is 0 Å². The van der Waals surface area contributed by atoms with Gasteiger partial charge < -0.3 is 19.9 Å². The first-order valence-electron chi connectivity index (χ1n) is 6.58. The van der Waals surface area contributed by atoms with Crippen molar-refractivity contribution in [1.29, 1.82) is 0 Å². The van der Waals surface area contributed by atoms with Gasteiger partial charge in [0.1, 0.15) is 16.4 Å². The molecule has 0 unspecified atom stereocenters. The summed E-state index contributed by atoms with van der Waals surface area (Å²) < 4.78 is 36.4. The fourth-order valence-electron chi connectivity index (χ4n) is 1.99. The number of fused-ring (bicyclic) bond motifs is 1. The van der Waals surface area contributed by atoms with Crippen molar-refractivity contribution in [1.82, 2.24) is 4.31 Å². The van der Waals surface area contributed by atoms with Gasteiger partial charge in [0.2, 0.25) is 10.0 Å². The second-order valence-corrected chi connectivity index (χ2v) is 6.82. The molecular weight excluding hydrogens is 328 g/mol. The predicted octanol–water partition coefficient (Wildman–Crippen LogP) is 0.121. The largest absolute Gasteiger partial charge is 0.495 e. The molecule has 1 aliphatic rings. The Kier molecular flexibility index (Phi) is 4.76. The Morgan fingerprint density at radius 2 is 2.17 bits per heavy atom. The van der Waals surface area contributed by atoms with Gasteiger partial charge in [0, 0.05) is 25.7 Å². The number of carboxylic acid groups (broad SMARTS) is 1. The highest BCUT2D eigenvalue weighted by molar-refractivity contribution is 7.89. The Hall–Kier alpha value is -2.33. The van der Waals surface area contributed by atoms with Gasteiger partial charge in [0.25, 0.3) is 5.91 Å². The van der Waals surface area contributed by atoms with E-state index in [2.05, 4.69) is 5.32 Å². The first kappa shape index (κ1) is 17.0. The van der Waals surface area contributed by atoms with Crippen LogP contribution in [0.15, 0.2) is 17.0 Å². The van der Waals surface area contributed by atoms with E-state index in [-0.39, 0.29) is 41.9 Å². The Morgan fingerprint density at radius 3 is 2.78 bits per heavy atom. The van der Waals surface area contributed by atoms with Crippen molar-refractivity contribution in [2.24, 2.45) is 0 Å². The Bertz CT molecular complexity index is 745. The first-order chi connectivity index (χ1) is 10.8. The normalized spacial score (nSPS) is 14.0. The monoisotopic (exact) mass is 344 g/mol. The molecule has 1 aliphatic heterocycles. The molecule has 0 spiro atoms. The number of nitrogens with one attached hydrogen (secondary N) is 1. The average Bonchev–Trinajstić information content (AvgIpc) is 2.50. The van der Waals surface area contributed by atoms with Crippen molar-refractivity contribution in [3.63, 3.8) is 0 Å². The number of hydrogen-bond acceptors (Lipinski definition) is 6. The molecule has 1 aromatic rings. The molecule has 2 rings (SSSR count). The molecule has 1 heterocycles. The van der Waals surface area contributed by atoms with Gasteiger partial charge in [-0.2, -0.15) is 0 Å². The molecule has 2 N–H and O–H groups in total. The van der Waals surface area contributed by atoms with E-state index in [0.29, 0.717) is 5.69 Å². The number of anilines is 1. The second-order valence-electron chi connectivity index (χ2n) is 4.81. The lowest BCUT2D eigenvalue weighted by molar-refractivity contribution is -0.137. The molecule has 0 saturated heterocycles. The van der Waals surface area contributed by atoms with E-state index in [1.807, 2.05) is 0 Å². The zero-order chi connectivity index (χ0) is 17.2. The number of ether oxygens (including phenoxy) is 2. The lowest BCUT2D eigenvalue weighted by Gasteiger charge is -2.22. The molecule has 23 heavy (non-hydrogen) atoms. The van der Waals surface area contributed by atoms with E-state index < -0.39 is 16.0 Å². The molecule has 9 nitrogen and oxygen atoms in total. The zero-order valence-corrected chi connectivity index (χ0v) is 13.3. The highest BCUT2D eigenvalue weighted by Gasteiger charge is 2.29. The maximum atomic E-state index is 12.6. The highest BCUT2D eigenvalue weighted by atomic mass is 32.2. The topological polar surface area (TPSA) is 122 Å². The van der Waals surface area contributed by atoms with E-state index in [4.69, 9.17) is 14.6 Å². The van der Waals surface area contributed by atoms with E-state index in [9.17, 15) is 18.0 Å². The van der Waals surface area contributed by atoms with E-state index in [0.717, 1.165) is 4.31 Å². The zero-order valence-electron chi connectivity index (χ0n) is 12.5. The number of carbonyl (C=O) groups excluding carboxylic acids is 1. The van der Waals surface area contributed by atoms with Crippen molar-refractivity contribution < 1.29 is 32.6 Å². The number of hydrogen-bond donors (Lipinski definition) is 2. The third-order valence-corrected chi connectivity index (χ3v) is 5.11. The van der Waals surface area contributed by atoms with Gasteiger partial charge >= 0.3 is 5.97 Å². The molecule has 0 aromatic heterocycles. The highest BCUT2D eigenvalue weighted by Crippen LogP contribution is 2.38. The first-order valence-corrected chi connectivity index (χ1v) is 8.02. The molecule has 126 valence electrons. The van der Waals surface area contributed by atoms with E-state index >= 15 is 0 Å². The fourth-order valence-corrected chi connectivity index (χ4v) is 3.31. The van der Waals surface area contributed by atoms with Gasteiger partial charge in [-0.25, -0.2) is 12.7 Å². The summed E-state index contributed by atoms with van der Waals surface area (Å²) in [5.41, 5.74) is 0.310. The van der Waals surface area contributed by atoms with Crippen molar-refractivity contribution in [2.75, 3.05) is 32.6 Å². The number of nitrogens with zero attached hydrogens (tertiary/aromatic N) is 1. The quantitative estimate of drug-likeness (QED) is 0.751. The van der Waals surface area contributed by atoms with Crippen molar-refractivity contribution in [3.8, 4) is 11.5 Å². The van der Waals surface area contributed by atoms with Crippen LogP contribution in [0.1, 0.15) is 6.42 Å². The van der Waals surface area contributed by atoms with Crippen LogP contribution >= 0.6 is 0 Å². The van der Waals surface area contributed by atoms with Crippen LogP contribution in [0.2, 0.25) is 0 Å². The number of methoxy groups -OCH3 is 1. The minimum atomic E-state index is -3.97. The molecular formula is C13H16N2O7S. The summed E-state index contributed by atoms with van der Waals surface area (Å²) in [5.74, 6) is -1.23. The van der Waals surface area contributed by atoms with Gasteiger partial charge in [-0.3, -0.25) is 9.59 Å². The maximum absolute atomic E-state index is 12.6. The molecule has 1 aromatic carbocycles. The van der Waals surface area contributed by atoms with Gasteiger partial charge in [-0.05, 0) is 0 Å². The molecule has 10 heteroatoms. The van der Waals surface area contributed by atoms with Crippen molar-refractivity contribution in [2.45, 2.75) is 11.3 Å². The Morgan fingerprint density at radius 1 is 1.48 bits per heavy atom. The number of aliphatic carboxylic acids is 1. The molecule has 0 aliphatic carbocycles. The van der Waals surface area contributed by atoms with Gasteiger partial charge in [0.15, 0.2) is 6.61 Å². The number of sulfonamides is 1. The van der Waals surface area contributed by atoms with Crippen LogP contribution in [0, 0.1) is 0 Å². The number of benzene rings is 1. The third kappa shape index (κ3) is 3.54. The maximum Gasteiger partial charge on any atom is 0.304 e. The van der Waals surface area contributed by atoms with Gasteiger partial charge in [0.05, 0.1) is 19.2 Å². The summed E-state index contributed by atoms with van der Waals surface area (Å²) in [6.45, 7) is -0.400. The van der Waals surface area contributed by atoms with Gasteiger partial charge in [-0.1, -0.05) is 0 Å². The molecule has 0 radical (unpaired) electrons. The minimum absolute atomic E-state index is 0.0247. The van der Waals surface area contributed by atoms with Crippen molar-refractivity contribution >= 4 is 27.6 Å². The van der Waals surface area contributed by atoms with Crippen molar-refractivity contribution in [3.05, 3.63) is 12.1 Å². The number of amides is 1. The lowest BCUT2D eigenvalue weighted by atomic mass is 10.2. The fraction of sp³-hybridized carbons (Fsp3) is 0.385. The molecule has 0 fully saturated rings. The van der Waals surface area contributed by atoms with Crippen LogP contribution < -0.4 is 14.8 Å². The SMILES string of the molecule is COc1cc2c(cc1S(=O)(=O)N(C)CCC(=O)O)OCC(=O)N2. The molecule has 0 saturated carbocycles. The number of carboxylic acids is 1. The van der Waals surface area contributed by atoms with Crippen LogP contribution in [-0.4, -0.2) is 57.0 Å². The Balaban J connectivity index is 2.41. The summed E-state index contributed by atoms with van der Waals surface area (Å²) in [4.78, 5) is 21.7. The van der Waals surface area contributed by atoms with Crippen LogP contribution in [0.3, 0.4) is 0 Å². The third-order valence-electron chi connectivity index (χ3n) is 3.23. The van der Waals surface area contributed by atoms with Crippen LogP contribution in [-0.2, 0) is 19.6 Å². The standard InChI is InChI=1S/C13H16N2O7S/c1-15(4-3-13(17)18)23(19,20)11-6-9-8(5-10(11)21-2)14-12(16)7-22-9/h5-6H,3-4,7H2,1-2H3,(H,14,16)(H,17,18). The van der Waals surface area contributed by atoms with Gasteiger partial charge in [-0.15, -0.1) is 0 Å². The average molecular weight is 344 g/mol. The van der Waals surface area contributed by atoms with Crippen LogP contribution in [0.5, 0.6) is 11.5 Å². The molecule has 0 atom stereocenters. The van der Waals surface area contributed by atoms with Crippen LogP contribution in [0.4, 0.5) is 5.69 Å². The second kappa shape index (κ2) is 6.42. The Labute approximate surface area is 132 Å².